The second-order valence-electron chi connectivity index (χ2n) is 8.75. The Kier molecular flexibility index (Phi) is 7.70. The van der Waals surface area contributed by atoms with E-state index in [2.05, 4.69) is 23.8 Å². The number of rotatable bonds is 7. The van der Waals surface area contributed by atoms with E-state index in [1.165, 1.54) is 0 Å². The molecule has 34 heavy (non-hydrogen) atoms. The first kappa shape index (κ1) is 23.6. The van der Waals surface area contributed by atoms with E-state index in [1.807, 2.05) is 84.6 Å². The van der Waals surface area contributed by atoms with Crippen LogP contribution in [0.4, 0.5) is 0 Å². The molecule has 1 aromatic heterocycles. The molecule has 2 heterocycles. The fourth-order valence-electron chi connectivity index (χ4n) is 3.85. The van der Waals surface area contributed by atoms with Gasteiger partial charge < -0.3 is 14.4 Å². The summed E-state index contributed by atoms with van der Waals surface area (Å²) >= 11 is 0. The normalized spacial score (nSPS) is 16.5. The van der Waals surface area contributed by atoms with Crippen molar-refractivity contribution in [2.24, 2.45) is 0 Å². The smallest absolute Gasteiger partial charge is 0.254 e. The number of aryl methyl sites for hydroxylation is 1. The van der Waals surface area contributed by atoms with Gasteiger partial charge in [-0.25, -0.2) is 4.98 Å². The van der Waals surface area contributed by atoms with Crippen molar-refractivity contribution in [2.45, 2.75) is 32.8 Å². The predicted octanol–water partition coefficient (Wildman–Crippen LogP) is 4.76. The van der Waals surface area contributed by atoms with E-state index < -0.39 is 0 Å². The molecule has 0 spiro atoms. The summed E-state index contributed by atoms with van der Waals surface area (Å²) in [6.07, 6.45) is 1.72. The van der Waals surface area contributed by atoms with Crippen LogP contribution in [0, 0.1) is 6.92 Å². The SMILES string of the molecule is Cc1cc(OCC2CN(C(=O)/C(=C/c3ccccc3)c3ccccc3)CCO2)nc(C(C)C)n1. The average Bonchev–Trinajstić information content (AvgIpc) is 2.86. The zero-order valence-corrected chi connectivity index (χ0v) is 20.0. The quantitative estimate of drug-likeness (QED) is 0.378. The molecule has 1 amide bonds. The van der Waals surface area contributed by atoms with Gasteiger partial charge in [-0.2, -0.15) is 4.98 Å². The molecular weight excluding hydrogens is 426 g/mol. The Morgan fingerprint density at radius 1 is 1.12 bits per heavy atom. The lowest BCUT2D eigenvalue weighted by molar-refractivity contribution is -0.133. The fraction of sp³-hybridized carbons (Fsp3) is 0.321. The number of morpholine rings is 1. The van der Waals surface area contributed by atoms with Crippen LogP contribution in [-0.2, 0) is 9.53 Å². The highest BCUT2D eigenvalue weighted by Gasteiger charge is 2.27. The Balaban J connectivity index is 1.48. The van der Waals surface area contributed by atoms with Gasteiger partial charge in [-0.15, -0.1) is 0 Å². The van der Waals surface area contributed by atoms with E-state index in [0.29, 0.717) is 37.8 Å². The van der Waals surface area contributed by atoms with Crippen molar-refractivity contribution in [1.29, 1.82) is 0 Å². The molecule has 0 radical (unpaired) electrons. The molecule has 1 unspecified atom stereocenters. The summed E-state index contributed by atoms with van der Waals surface area (Å²) in [5.41, 5.74) is 3.42. The van der Waals surface area contributed by atoms with Gasteiger partial charge in [0, 0.05) is 29.8 Å². The minimum atomic E-state index is -0.232. The third-order valence-electron chi connectivity index (χ3n) is 5.63. The standard InChI is InChI=1S/C28H31N3O3/c1-20(2)27-29-21(3)16-26(30-27)34-19-24-18-31(14-15-33-24)28(32)25(23-12-8-5-9-13-23)17-22-10-6-4-7-11-22/h4-13,16-17,20,24H,14-15,18-19H2,1-3H3/b25-17+. The van der Waals surface area contributed by atoms with Gasteiger partial charge in [-0.05, 0) is 24.1 Å². The molecule has 3 aromatic rings. The van der Waals surface area contributed by atoms with Crippen molar-refractivity contribution in [3.63, 3.8) is 0 Å². The average molecular weight is 458 g/mol. The minimum Gasteiger partial charge on any atom is -0.475 e. The molecule has 1 aliphatic rings. The maximum absolute atomic E-state index is 13.6. The summed E-state index contributed by atoms with van der Waals surface area (Å²) in [6, 6.07) is 21.5. The van der Waals surface area contributed by atoms with Crippen LogP contribution in [0.3, 0.4) is 0 Å². The Hall–Kier alpha value is -3.51. The molecule has 1 aliphatic heterocycles. The maximum atomic E-state index is 13.6. The first-order valence-corrected chi connectivity index (χ1v) is 11.7. The molecule has 0 saturated carbocycles. The van der Waals surface area contributed by atoms with Crippen LogP contribution < -0.4 is 4.74 Å². The highest BCUT2D eigenvalue weighted by molar-refractivity contribution is 6.24. The van der Waals surface area contributed by atoms with E-state index in [0.717, 1.165) is 22.6 Å². The van der Waals surface area contributed by atoms with Gasteiger partial charge in [-0.1, -0.05) is 74.5 Å². The zero-order chi connectivity index (χ0) is 23.9. The summed E-state index contributed by atoms with van der Waals surface area (Å²) in [4.78, 5) is 24.5. The van der Waals surface area contributed by atoms with Gasteiger partial charge in [0.15, 0.2) is 0 Å². The summed E-state index contributed by atoms with van der Waals surface area (Å²) in [7, 11) is 0. The lowest BCUT2D eigenvalue weighted by atomic mass is 10.0. The second kappa shape index (κ2) is 11.1. The zero-order valence-electron chi connectivity index (χ0n) is 20.0. The number of hydrogen-bond acceptors (Lipinski definition) is 5. The molecular formula is C28H31N3O3. The number of aromatic nitrogens is 2. The number of hydrogen-bond donors (Lipinski definition) is 0. The van der Waals surface area contributed by atoms with E-state index in [9.17, 15) is 4.79 Å². The van der Waals surface area contributed by atoms with Gasteiger partial charge in [0.25, 0.3) is 5.91 Å². The Morgan fingerprint density at radius 2 is 1.82 bits per heavy atom. The van der Waals surface area contributed by atoms with E-state index in [-0.39, 0.29) is 17.9 Å². The lowest BCUT2D eigenvalue weighted by Crippen LogP contribution is -2.47. The molecule has 0 aliphatic carbocycles. The van der Waals surface area contributed by atoms with Crippen molar-refractivity contribution in [1.82, 2.24) is 14.9 Å². The third-order valence-corrected chi connectivity index (χ3v) is 5.63. The number of carbonyl (C=O) groups excluding carboxylic acids is 1. The summed E-state index contributed by atoms with van der Waals surface area (Å²) in [5, 5.41) is 0. The summed E-state index contributed by atoms with van der Waals surface area (Å²) < 4.78 is 11.9. The molecule has 0 bridgehead atoms. The van der Waals surface area contributed by atoms with Crippen LogP contribution in [0.15, 0.2) is 66.7 Å². The first-order chi connectivity index (χ1) is 16.5. The third kappa shape index (κ3) is 6.08. The molecule has 176 valence electrons. The molecule has 6 nitrogen and oxygen atoms in total. The molecule has 0 N–H and O–H groups in total. The topological polar surface area (TPSA) is 64.5 Å². The Labute approximate surface area is 201 Å². The lowest BCUT2D eigenvalue weighted by Gasteiger charge is -2.33. The molecule has 1 fully saturated rings. The monoisotopic (exact) mass is 457 g/mol. The van der Waals surface area contributed by atoms with Crippen molar-refractivity contribution in [2.75, 3.05) is 26.3 Å². The van der Waals surface area contributed by atoms with Crippen LogP contribution in [0.25, 0.3) is 11.6 Å². The number of benzene rings is 2. The highest BCUT2D eigenvalue weighted by Crippen LogP contribution is 2.23. The maximum Gasteiger partial charge on any atom is 0.254 e. The predicted molar refractivity (Wildman–Crippen MR) is 133 cm³/mol. The van der Waals surface area contributed by atoms with Crippen LogP contribution >= 0.6 is 0 Å². The Morgan fingerprint density at radius 3 is 2.53 bits per heavy atom. The molecule has 4 rings (SSSR count). The van der Waals surface area contributed by atoms with Gasteiger partial charge in [0.2, 0.25) is 5.88 Å². The molecule has 6 heteroatoms. The molecule has 1 saturated heterocycles. The van der Waals surface area contributed by atoms with Crippen molar-refractivity contribution in [3.8, 4) is 5.88 Å². The van der Waals surface area contributed by atoms with Gasteiger partial charge in [-0.3, -0.25) is 4.79 Å². The fourth-order valence-corrected chi connectivity index (χ4v) is 3.85. The van der Waals surface area contributed by atoms with Crippen molar-refractivity contribution >= 4 is 17.6 Å². The Bertz CT molecular complexity index is 1130. The number of carbonyl (C=O) groups is 1. The summed E-state index contributed by atoms with van der Waals surface area (Å²) in [5.74, 6) is 1.50. The number of ether oxygens (including phenoxy) is 2. The van der Waals surface area contributed by atoms with Crippen LogP contribution in [0.1, 0.15) is 42.4 Å². The van der Waals surface area contributed by atoms with Crippen molar-refractivity contribution in [3.05, 3.63) is 89.4 Å². The first-order valence-electron chi connectivity index (χ1n) is 11.7. The number of nitrogens with zero attached hydrogens (tertiary/aromatic N) is 3. The molecule has 1 atom stereocenters. The van der Waals surface area contributed by atoms with E-state index >= 15 is 0 Å². The van der Waals surface area contributed by atoms with Gasteiger partial charge >= 0.3 is 0 Å². The van der Waals surface area contributed by atoms with Gasteiger partial charge in [0.1, 0.15) is 18.5 Å². The molecule has 2 aromatic carbocycles. The summed E-state index contributed by atoms with van der Waals surface area (Å²) in [6.45, 7) is 7.83. The van der Waals surface area contributed by atoms with E-state index in [1.54, 1.807) is 0 Å². The van der Waals surface area contributed by atoms with Crippen LogP contribution in [0.5, 0.6) is 5.88 Å². The van der Waals surface area contributed by atoms with Crippen molar-refractivity contribution < 1.29 is 14.3 Å². The highest BCUT2D eigenvalue weighted by atomic mass is 16.5. The van der Waals surface area contributed by atoms with E-state index in [4.69, 9.17) is 9.47 Å². The van der Waals surface area contributed by atoms with Crippen LogP contribution in [-0.4, -0.2) is 53.2 Å². The minimum absolute atomic E-state index is 0.0108. The second-order valence-corrected chi connectivity index (χ2v) is 8.75. The van der Waals surface area contributed by atoms with Crippen LogP contribution in [0.2, 0.25) is 0 Å². The largest absolute Gasteiger partial charge is 0.475 e. The van der Waals surface area contributed by atoms with Gasteiger partial charge in [0.05, 0.1) is 13.2 Å². The number of amides is 1.